The monoisotopic (exact) mass is 1530 g/mol. The minimum Gasteiger partial charge on any atom is -0.495 e. The molecule has 6 N–H and O–H groups in total. The Labute approximate surface area is 635 Å². The van der Waals surface area contributed by atoms with E-state index in [4.69, 9.17) is 103 Å². The van der Waals surface area contributed by atoms with E-state index in [2.05, 4.69) is 81.5 Å². The number of aromatic nitrogens is 6. The van der Waals surface area contributed by atoms with Crippen molar-refractivity contribution in [2.24, 2.45) is 0 Å². The Bertz CT molecular complexity index is 4080. The smallest absolute Gasteiger partial charge is 0.243 e. The molecular weight excluding hydrogens is 1450 g/mol. The summed E-state index contributed by atoms with van der Waals surface area (Å²) in [4.78, 5) is 62.9. The van der Waals surface area contributed by atoms with Gasteiger partial charge in [-0.1, -0.05) is 148 Å². The second kappa shape index (κ2) is 37.5. The third-order valence-corrected chi connectivity index (χ3v) is 19.9. The van der Waals surface area contributed by atoms with E-state index in [1.54, 1.807) is 65.2 Å². The molecule has 0 unspecified atom stereocenters. The van der Waals surface area contributed by atoms with Crippen LogP contribution in [0.2, 0.25) is 30.1 Å². The van der Waals surface area contributed by atoms with Crippen molar-refractivity contribution in [2.75, 3.05) is 71.8 Å². The van der Waals surface area contributed by atoms with Crippen LogP contribution in [0, 0.1) is 0 Å². The molecule has 3 aliphatic rings. The number of benzene rings is 6. The number of nitrogens with one attached hydrogen (secondary N) is 6. The van der Waals surface area contributed by atoms with Gasteiger partial charge in [0.1, 0.15) is 34.5 Å². The second-order valence-corrected chi connectivity index (χ2v) is 26.2. The summed E-state index contributed by atoms with van der Waals surface area (Å²) in [5.41, 5.74) is 6.48. The lowest BCUT2D eigenvalue weighted by Gasteiger charge is -2.32. The van der Waals surface area contributed by atoms with Crippen LogP contribution in [0.4, 0.5) is 17.8 Å². The van der Waals surface area contributed by atoms with E-state index >= 15 is 0 Å². The Kier molecular flexibility index (Phi) is 29.1. The Balaban J connectivity index is 0.000000196. The van der Waals surface area contributed by atoms with Crippen molar-refractivity contribution in [1.29, 1.82) is 0 Å². The fraction of sp³-hybridized carbons (Fsp3) is 0.329. The van der Waals surface area contributed by atoms with Gasteiger partial charge in [0.25, 0.3) is 0 Å². The van der Waals surface area contributed by atoms with Gasteiger partial charge in [-0.3, -0.25) is 14.4 Å². The summed E-state index contributed by atoms with van der Waals surface area (Å²) in [7, 11) is 9.24. The van der Waals surface area contributed by atoms with Gasteiger partial charge in [-0.05, 0) is 103 Å². The zero-order valence-electron chi connectivity index (χ0n) is 56.8. The van der Waals surface area contributed by atoms with Crippen LogP contribution in [0.15, 0.2) is 129 Å². The van der Waals surface area contributed by atoms with Gasteiger partial charge in [0.15, 0.2) is 0 Å². The minimum absolute atomic E-state index is 0. The Morgan fingerprint density at radius 3 is 0.952 bits per heavy atom. The summed E-state index contributed by atoms with van der Waals surface area (Å²) in [6, 6.07) is 21.9. The zero-order valence-corrected chi connectivity index (χ0v) is 61.3. The highest BCUT2D eigenvalue weighted by Gasteiger charge is 2.31. The Morgan fingerprint density at radius 2 is 0.673 bits per heavy atom. The number of carbonyl (C=O) groups is 3. The number of rotatable bonds is 21. The highest BCUT2D eigenvalue weighted by molar-refractivity contribution is 6.42. The quantitative estimate of drug-likeness (QED) is 0.0365. The maximum absolute atomic E-state index is 11.8. The van der Waals surface area contributed by atoms with Gasteiger partial charge in [0.05, 0.1) is 108 Å². The molecule has 0 bridgehead atoms. The normalized spacial score (nSPS) is 17.4. The van der Waals surface area contributed by atoms with Gasteiger partial charge in [-0.2, -0.15) is 0 Å². The van der Waals surface area contributed by atoms with Crippen LogP contribution in [0.25, 0.3) is 66.1 Å². The largest absolute Gasteiger partial charge is 0.495 e. The van der Waals surface area contributed by atoms with Crippen LogP contribution >= 0.6 is 69.6 Å². The molecule has 2 aliphatic carbocycles. The van der Waals surface area contributed by atoms with Crippen molar-refractivity contribution >= 4 is 138 Å². The number of methoxy groups -OCH3 is 6. The third kappa shape index (κ3) is 18.9. The number of carbonyl (C=O) groups excluding carboxylic acids is 3. The van der Waals surface area contributed by atoms with Gasteiger partial charge in [0, 0.05) is 100 Å². The van der Waals surface area contributed by atoms with Crippen molar-refractivity contribution in [1.82, 2.24) is 45.9 Å². The van der Waals surface area contributed by atoms with Crippen LogP contribution in [0.3, 0.4) is 0 Å². The molecule has 550 valence electrons. The number of hydrogen-bond acceptors (Lipinski definition) is 19. The van der Waals surface area contributed by atoms with Crippen LogP contribution < -0.4 is 60.3 Å². The minimum atomic E-state index is -0.249. The molecule has 2 saturated carbocycles. The summed E-state index contributed by atoms with van der Waals surface area (Å²) < 4.78 is 37.8. The van der Waals surface area contributed by atoms with Gasteiger partial charge >= 0.3 is 0 Å². The molecule has 4 heterocycles. The predicted octanol–water partition coefficient (Wildman–Crippen LogP) is 17.1. The van der Waals surface area contributed by atoms with Gasteiger partial charge in [-0.25, -0.2) is 29.9 Å². The first kappa shape index (κ1) is 80.6. The van der Waals surface area contributed by atoms with Crippen molar-refractivity contribution < 1.29 is 47.5 Å². The molecule has 22 nitrogen and oxygen atoms in total. The van der Waals surface area contributed by atoms with Crippen LogP contribution in [-0.2, 0) is 19.1 Å². The van der Waals surface area contributed by atoms with Crippen molar-refractivity contribution in [3.63, 3.8) is 0 Å². The van der Waals surface area contributed by atoms with E-state index in [1.807, 2.05) is 54.6 Å². The molecule has 1 saturated heterocycles. The van der Waals surface area contributed by atoms with Crippen molar-refractivity contribution in [3.05, 3.63) is 159 Å². The third-order valence-electron chi connectivity index (χ3n) is 17.7. The highest BCUT2D eigenvalue weighted by Crippen LogP contribution is 2.49. The topological polar surface area (TPSA) is 265 Å². The summed E-state index contributed by atoms with van der Waals surface area (Å²) in [5, 5.41) is 23.9. The number of amides is 3. The van der Waals surface area contributed by atoms with E-state index in [-0.39, 0.29) is 68.8 Å². The Hall–Kier alpha value is -9.13. The predicted molar refractivity (Wildman–Crippen MR) is 419 cm³/mol. The molecular formula is C76H84Cl6N12O10. The highest BCUT2D eigenvalue weighted by atomic mass is 35.5. The van der Waals surface area contributed by atoms with Gasteiger partial charge < -0.3 is 65.1 Å². The summed E-state index contributed by atoms with van der Waals surface area (Å²) in [6.07, 6.45) is 17.8. The fourth-order valence-corrected chi connectivity index (χ4v) is 14.6. The van der Waals surface area contributed by atoms with Crippen LogP contribution in [-0.4, -0.2) is 140 Å². The standard InChI is InChI=1S/2C25H26Cl2N4O3.C24H24Cl2N4O4.2CH4/c2*1-4-21(32)29-17-7-5-6-8-18(17)31-25-28-13-15-11-14(9-10-16(15)30-25)22-23(26)19(33-2)12-20(34-3)24(22)27;1-4-20(31)28-17-12-34-8-7-16(17)30-24-27-11-14-9-13(5-6-15(14)29-24)21-22(25)18(32-2)10-19(33-3)23(21)26;;/h2*4,9-13,17-18H,1,5-8H2,2-3H3,(H,29,32)(H,28,30,31);4-6,9-11,16-17H,1,7-8,12H2,2-3H3,(H,28,31)(H,27,29,30);2*1H4/t2*17-,18+;16-,17+;;/m101../s1. The summed E-state index contributed by atoms with van der Waals surface area (Å²) in [5.74, 6) is 3.72. The molecule has 0 radical (unpaired) electrons. The average Bonchev–Trinajstić information content (AvgIpc) is 0.784. The van der Waals surface area contributed by atoms with Crippen LogP contribution in [0.5, 0.6) is 34.5 Å². The molecule has 104 heavy (non-hydrogen) atoms. The second-order valence-electron chi connectivity index (χ2n) is 23.9. The van der Waals surface area contributed by atoms with E-state index in [9.17, 15) is 14.4 Å². The molecule has 0 spiro atoms. The molecule has 12 rings (SSSR count). The average molecular weight is 1540 g/mol. The molecule has 6 aromatic carbocycles. The Morgan fingerprint density at radius 1 is 0.404 bits per heavy atom. The van der Waals surface area contributed by atoms with Crippen LogP contribution in [0.1, 0.15) is 72.6 Å². The fourth-order valence-electron chi connectivity index (χ4n) is 12.4. The number of anilines is 3. The lowest BCUT2D eigenvalue weighted by atomic mass is 9.90. The van der Waals surface area contributed by atoms with E-state index in [0.29, 0.717) is 119 Å². The molecule has 3 aromatic heterocycles. The molecule has 6 atom stereocenters. The number of nitrogens with zero attached hydrogens (tertiary/aromatic N) is 6. The molecule has 9 aromatic rings. The maximum atomic E-state index is 11.8. The lowest BCUT2D eigenvalue weighted by molar-refractivity contribution is -0.118. The summed E-state index contributed by atoms with van der Waals surface area (Å²) >= 11 is 39.5. The van der Waals surface area contributed by atoms with Crippen molar-refractivity contribution in [2.45, 2.75) is 109 Å². The van der Waals surface area contributed by atoms with E-state index in [1.165, 1.54) is 32.4 Å². The first-order valence-corrected chi connectivity index (χ1v) is 34.9. The number of ether oxygens (including phenoxy) is 7. The van der Waals surface area contributed by atoms with Gasteiger partial charge in [0.2, 0.25) is 35.6 Å². The first-order chi connectivity index (χ1) is 49.3. The molecule has 1 aliphatic heterocycles. The SMILES string of the molecule is C.C.C=CC(=O)N[C@@H]1CCCC[C@@H]1Nc1ncc2cc(-c3c(Cl)c(OC)cc(OC)c3Cl)ccc2n1.C=CC(=O)N[C@H]1CCCC[C@H]1Nc1ncc2cc(-c3c(Cl)c(OC)cc(OC)c3Cl)ccc2n1.C=CC(=O)N[C@H]1COCC[C@H]1Nc1ncc2cc(-c3c(Cl)c(OC)cc(OC)c3Cl)ccc2n1. The van der Waals surface area contributed by atoms with Gasteiger partial charge in [-0.15, -0.1) is 0 Å². The first-order valence-electron chi connectivity index (χ1n) is 32.6. The lowest BCUT2D eigenvalue weighted by Crippen LogP contribution is -2.52. The number of fused-ring (bicyclic) bond motifs is 3. The maximum Gasteiger partial charge on any atom is 0.243 e. The summed E-state index contributed by atoms with van der Waals surface area (Å²) in [6.45, 7) is 11.6. The number of halogens is 6. The molecule has 3 fully saturated rings. The molecule has 3 amide bonds. The zero-order chi connectivity index (χ0) is 72.7. The van der Waals surface area contributed by atoms with E-state index < -0.39 is 0 Å². The van der Waals surface area contributed by atoms with E-state index in [0.717, 1.165) is 101 Å². The molecule has 28 heteroatoms. The number of hydrogen-bond donors (Lipinski definition) is 6. The van der Waals surface area contributed by atoms with Crippen molar-refractivity contribution in [3.8, 4) is 67.9 Å².